The van der Waals surface area contributed by atoms with E-state index in [0.717, 1.165) is 23.6 Å². The van der Waals surface area contributed by atoms with E-state index in [1.54, 1.807) is 0 Å². The van der Waals surface area contributed by atoms with Crippen LogP contribution in [0.3, 0.4) is 0 Å². The molecule has 3 nitrogen and oxygen atoms in total. The zero-order valence-electron chi connectivity index (χ0n) is 6.55. The van der Waals surface area contributed by atoms with Gasteiger partial charge in [-0.3, -0.25) is 0 Å². The monoisotopic (exact) mass is 231 g/mol. The average molecular weight is 232 g/mol. The number of hydrogen-bond acceptors (Lipinski definition) is 3. The smallest absolute Gasteiger partial charge is 0.169 e. The molecule has 1 aromatic rings. The lowest BCUT2D eigenvalue weighted by Gasteiger charge is -2.21. The first-order valence-electron chi connectivity index (χ1n) is 3.92. The fourth-order valence-corrected chi connectivity index (χ4v) is 1.58. The maximum absolute atomic E-state index is 5.40. The number of morpholine rings is 1. The molecule has 0 saturated carbocycles. The summed E-state index contributed by atoms with van der Waals surface area (Å²) in [5.74, 6) is 0.932. The van der Waals surface area contributed by atoms with Crippen molar-refractivity contribution in [2.75, 3.05) is 19.8 Å². The molecule has 1 saturated heterocycles. The average Bonchev–Trinajstić information content (AvgIpc) is 2.54. The van der Waals surface area contributed by atoms with Crippen LogP contribution in [0.5, 0.6) is 0 Å². The summed E-state index contributed by atoms with van der Waals surface area (Å²) in [6, 6.07) is 4.06. The molecule has 1 atom stereocenters. The molecule has 1 N–H and O–H groups in total. The van der Waals surface area contributed by atoms with Gasteiger partial charge in [0, 0.05) is 6.54 Å². The van der Waals surface area contributed by atoms with Gasteiger partial charge in [-0.2, -0.15) is 0 Å². The largest absolute Gasteiger partial charge is 0.453 e. The van der Waals surface area contributed by atoms with Gasteiger partial charge in [-0.05, 0) is 28.1 Å². The van der Waals surface area contributed by atoms with E-state index >= 15 is 0 Å². The number of halogens is 1. The van der Waals surface area contributed by atoms with Gasteiger partial charge in [-0.25, -0.2) is 0 Å². The quantitative estimate of drug-likeness (QED) is 0.800. The highest BCUT2D eigenvalue weighted by molar-refractivity contribution is 9.10. The molecule has 0 aliphatic carbocycles. The maximum Gasteiger partial charge on any atom is 0.169 e. The van der Waals surface area contributed by atoms with Crippen LogP contribution in [0.4, 0.5) is 0 Å². The Morgan fingerprint density at radius 3 is 3.00 bits per heavy atom. The zero-order valence-corrected chi connectivity index (χ0v) is 8.13. The highest BCUT2D eigenvalue weighted by Crippen LogP contribution is 2.21. The van der Waals surface area contributed by atoms with Crippen LogP contribution in [-0.2, 0) is 4.74 Å². The van der Waals surface area contributed by atoms with Gasteiger partial charge in [0.1, 0.15) is 5.76 Å². The third kappa shape index (κ3) is 1.71. The molecule has 1 aliphatic heterocycles. The summed E-state index contributed by atoms with van der Waals surface area (Å²) in [5.41, 5.74) is 0. The predicted molar refractivity (Wildman–Crippen MR) is 48.0 cm³/mol. The summed E-state index contributed by atoms with van der Waals surface area (Å²) in [5, 5.41) is 3.31. The summed E-state index contributed by atoms with van der Waals surface area (Å²) < 4.78 is 11.5. The number of hydrogen-bond donors (Lipinski definition) is 1. The van der Waals surface area contributed by atoms with E-state index in [2.05, 4.69) is 21.2 Å². The van der Waals surface area contributed by atoms with Gasteiger partial charge < -0.3 is 14.5 Å². The van der Waals surface area contributed by atoms with E-state index in [-0.39, 0.29) is 6.04 Å². The zero-order chi connectivity index (χ0) is 8.39. The van der Waals surface area contributed by atoms with E-state index in [9.17, 15) is 0 Å². The van der Waals surface area contributed by atoms with Crippen molar-refractivity contribution in [3.63, 3.8) is 0 Å². The highest BCUT2D eigenvalue weighted by Gasteiger charge is 2.17. The molecule has 0 spiro atoms. The Morgan fingerprint density at radius 1 is 1.50 bits per heavy atom. The molecule has 0 unspecified atom stereocenters. The highest BCUT2D eigenvalue weighted by atomic mass is 79.9. The molecule has 0 bridgehead atoms. The second-order valence-electron chi connectivity index (χ2n) is 2.72. The Labute approximate surface area is 79.2 Å². The van der Waals surface area contributed by atoms with Crippen LogP contribution in [0.1, 0.15) is 11.8 Å². The Hall–Kier alpha value is -0.320. The Morgan fingerprint density at radius 2 is 2.42 bits per heavy atom. The molecule has 0 amide bonds. The molecule has 66 valence electrons. The molecule has 1 aromatic heterocycles. The molecular formula is C8H10BrNO2. The van der Waals surface area contributed by atoms with Gasteiger partial charge in [-0.1, -0.05) is 0 Å². The predicted octanol–water partition coefficient (Wildman–Crippen LogP) is 1.70. The minimum Gasteiger partial charge on any atom is -0.453 e. The minimum absolute atomic E-state index is 0.213. The Kier molecular flexibility index (Phi) is 2.48. The number of nitrogens with one attached hydrogen (secondary N) is 1. The minimum atomic E-state index is 0.213. The van der Waals surface area contributed by atoms with E-state index in [4.69, 9.17) is 9.15 Å². The van der Waals surface area contributed by atoms with Crippen molar-refractivity contribution < 1.29 is 9.15 Å². The summed E-state index contributed by atoms with van der Waals surface area (Å²) in [4.78, 5) is 0. The summed E-state index contributed by atoms with van der Waals surface area (Å²) in [7, 11) is 0. The molecule has 0 radical (unpaired) electrons. The first-order chi connectivity index (χ1) is 5.86. The van der Waals surface area contributed by atoms with Crippen molar-refractivity contribution in [2.45, 2.75) is 6.04 Å². The fraction of sp³-hybridized carbons (Fsp3) is 0.500. The van der Waals surface area contributed by atoms with Crippen LogP contribution in [0.25, 0.3) is 0 Å². The van der Waals surface area contributed by atoms with E-state index in [1.165, 1.54) is 0 Å². The van der Waals surface area contributed by atoms with Crippen LogP contribution in [0.15, 0.2) is 21.2 Å². The van der Waals surface area contributed by atoms with E-state index in [0.29, 0.717) is 6.61 Å². The van der Waals surface area contributed by atoms with Gasteiger partial charge in [0.25, 0.3) is 0 Å². The normalized spacial score (nSPS) is 24.2. The van der Waals surface area contributed by atoms with Crippen LogP contribution >= 0.6 is 15.9 Å². The molecule has 0 aromatic carbocycles. The molecular weight excluding hydrogens is 222 g/mol. The maximum atomic E-state index is 5.40. The van der Waals surface area contributed by atoms with Crippen molar-refractivity contribution in [3.8, 4) is 0 Å². The van der Waals surface area contributed by atoms with Crippen LogP contribution < -0.4 is 5.32 Å². The second kappa shape index (κ2) is 3.60. The SMILES string of the molecule is Brc1ccc([C@H]2COCCN2)o1. The summed E-state index contributed by atoms with van der Waals surface area (Å²) in [6.45, 7) is 2.38. The fourth-order valence-electron chi connectivity index (χ4n) is 1.26. The first kappa shape index (κ1) is 8.29. The van der Waals surface area contributed by atoms with Gasteiger partial charge >= 0.3 is 0 Å². The van der Waals surface area contributed by atoms with Crippen LogP contribution in [0.2, 0.25) is 0 Å². The third-order valence-electron chi connectivity index (χ3n) is 1.86. The molecule has 2 heterocycles. The molecule has 2 rings (SSSR count). The number of ether oxygens (including phenoxy) is 1. The van der Waals surface area contributed by atoms with Gasteiger partial charge in [0.15, 0.2) is 4.67 Å². The molecule has 12 heavy (non-hydrogen) atoms. The van der Waals surface area contributed by atoms with Gasteiger partial charge in [0.2, 0.25) is 0 Å². The molecule has 1 fully saturated rings. The first-order valence-corrected chi connectivity index (χ1v) is 4.72. The topological polar surface area (TPSA) is 34.4 Å². The molecule has 1 aliphatic rings. The Bertz CT molecular complexity index is 255. The van der Waals surface area contributed by atoms with Crippen molar-refractivity contribution in [2.24, 2.45) is 0 Å². The van der Waals surface area contributed by atoms with Crippen LogP contribution in [-0.4, -0.2) is 19.8 Å². The van der Waals surface area contributed by atoms with Crippen LogP contribution in [0, 0.1) is 0 Å². The lowest BCUT2D eigenvalue weighted by molar-refractivity contribution is 0.0696. The summed E-state index contributed by atoms with van der Waals surface area (Å²) in [6.07, 6.45) is 0. The third-order valence-corrected chi connectivity index (χ3v) is 2.29. The summed E-state index contributed by atoms with van der Waals surface area (Å²) >= 11 is 3.26. The number of furan rings is 1. The van der Waals surface area contributed by atoms with Gasteiger partial charge in [-0.15, -0.1) is 0 Å². The van der Waals surface area contributed by atoms with Crippen molar-refractivity contribution in [1.82, 2.24) is 5.32 Å². The van der Waals surface area contributed by atoms with E-state index in [1.807, 2.05) is 12.1 Å². The van der Waals surface area contributed by atoms with Crippen molar-refractivity contribution in [3.05, 3.63) is 22.6 Å². The van der Waals surface area contributed by atoms with E-state index < -0.39 is 0 Å². The lowest BCUT2D eigenvalue weighted by atomic mass is 10.2. The molecule has 4 heteroatoms. The van der Waals surface area contributed by atoms with Crippen molar-refractivity contribution >= 4 is 15.9 Å². The van der Waals surface area contributed by atoms with Gasteiger partial charge in [0.05, 0.1) is 19.3 Å². The Balaban J connectivity index is 2.08. The second-order valence-corrected chi connectivity index (χ2v) is 3.51. The lowest BCUT2D eigenvalue weighted by Crippen LogP contribution is -2.34. The number of rotatable bonds is 1. The van der Waals surface area contributed by atoms with Crippen molar-refractivity contribution in [1.29, 1.82) is 0 Å². The standard InChI is InChI=1S/C8H10BrNO2/c9-8-2-1-7(12-8)6-5-11-4-3-10-6/h1-2,6,10H,3-5H2/t6-/m1/s1.